The monoisotopic (exact) mass is 291 g/mol. The fourth-order valence-electron chi connectivity index (χ4n) is 2.09. The Labute approximate surface area is 132 Å². The highest BCUT2D eigenvalue weighted by Crippen LogP contribution is 2.18. The van der Waals surface area contributed by atoms with Gasteiger partial charge in [-0.2, -0.15) is 0 Å². The van der Waals surface area contributed by atoms with Crippen molar-refractivity contribution >= 4 is 17.4 Å². The van der Waals surface area contributed by atoms with Crippen LogP contribution in [0, 0.1) is 0 Å². The van der Waals surface area contributed by atoms with Gasteiger partial charge in [0.15, 0.2) is 5.78 Å². The van der Waals surface area contributed by atoms with Gasteiger partial charge in [-0.05, 0) is 25.2 Å². The van der Waals surface area contributed by atoms with Gasteiger partial charge in [-0.15, -0.1) is 0 Å². The second-order valence-corrected chi connectivity index (χ2v) is 5.46. The van der Waals surface area contributed by atoms with Gasteiger partial charge in [-0.3, -0.25) is 4.79 Å². The number of hydrogen-bond donors (Lipinski definition) is 0. The zero-order chi connectivity index (χ0) is 15.9. The van der Waals surface area contributed by atoms with E-state index in [2.05, 4.69) is 23.6 Å². The van der Waals surface area contributed by atoms with Gasteiger partial charge in [0.2, 0.25) is 0 Å². The lowest BCUT2D eigenvalue weighted by atomic mass is 9.97. The molecule has 0 aliphatic carbocycles. The Balaban J connectivity index is 2.08. The minimum Gasteiger partial charge on any atom is -0.306 e. The highest BCUT2D eigenvalue weighted by Gasteiger charge is 2.11. The van der Waals surface area contributed by atoms with Crippen LogP contribution in [-0.2, 0) is 0 Å². The number of ketones is 1. The molecule has 2 nitrogen and oxygen atoms in total. The first kappa shape index (κ1) is 15.9. The second-order valence-electron chi connectivity index (χ2n) is 5.46. The predicted molar refractivity (Wildman–Crippen MR) is 93.8 cm³/mol. The molecule has 2 rings (SSSR count). The SMILES string of the molecule is C=C(C(=O)c1ccc(C=CCN(C)C)cc1)c1ccccc1. The lowest BCUT2D eigenvalue weighted by Gasteiger charge is -2.06. The molecule has 0 unspecified atom stereocenters. The van der Waals surface area contributed by atoms with Gasteiger partial charge < -0.3 is 4.90 Å². The van der Waals surface area contributed by atoms with Crippen molar-refractivity contribution in [2.75, 3.05) is 20.6 Å². The maximum Gasteiger partial charge on any atom is 0.193 e. The topological polar surface area (TPSA) is 20.3 Å². The van der Waals surface area contributed by atoms with E-state index in [1.807, 2.05) is 68.7 Å². The summed E-state index contributed by atoms with van der Waals surface area (Å²) in [4.78, 5) is 14.5. The summed E-state index contributed by atoms with van der Waals surface area (Å²) >= 11 is 0. The highest BCUT2D eigenvalue weighted by atomic mass is 16.1. The van der Waals surface area contributed by atoms with Gasteiger partial charge in [0.05, 0.1) is 0 Å². The first-order valence-electron chi connectivity index (χ1n) is 7.28. The number of rotatable bonds is 6. The largest absolute Gasteiger partial charge is 0.306 e. The molecule has 112 valence electrons. The molecule has 0 spiro atoms. The Morgan fingerprint density at radius 3 is 2.23 bits per heavy atom. The van der Waals surface area contributed by atoms with E-state index in [1.165, 1.54) is 0 Å². The summed E-state index contributed by atoms with van der Waals surface area (Å²) in [5.41, 5.74) is 3.14. The molecular formula is C20H21NO. The first-order chi connectivity index (χ1) is 10.6. The number of hydrogen-bond acceptors (Lipinski definition) is 2. The lowest BCUT2D eigenvalue weighted by molar-refractivity contribution is 0.105. The van der Waals surface area contributed by atoms with Crippen molar-refractivity contribution in [2.45, 2.75) is 0 Å². The molecule has 22 heavy (non-hydrogen) atoms. The Hall–Kier alpha value is -2.45. The third-order valence-electron chi connectivity index (χ3n) is 3.35. The quantitative estimate of drug-likeness (QED) is 0.588. The Kier molecular flexibility index (Phi) is 5.45. The zero-order valence-corrected chi connectivity index (χ0v) is 13.1. The van der Waals surface area contributed by atoms with Crippen LogP contribution in [-0.4, -0.2) is 31.3 Å². The molecule has 0 aliphatic heterocycles. The lowest BCUT2D eigenvalue weighted by Crippen LogP contribution is -2.10. The number of likely N-dealkylation sites (N-methyl/N-ethyl adjacent to an activating group) is 1. The van der Waals surface area contributed by atoms with Crippen LogP contribution in [0.2, 0.25) is 0 Å². The van der Waals surface area contributed by atoms with Crippen LogP contribution in [0.1, 0.15) is 21.5 Å². The minimum atomic E-state index is -0.0324. The number of nitrogens with zero attached hydrogens (tertiary/aromatic N) is 1. The summed E-state index contributed by atoms with van der Waals surface area (Å²) in [6, 6.07) is 17.2. The van der Waals surface area contributed by atoms with Crippen LogP contribution >= 0.6 is 0 Å². The molecule has 0 heterocycles. The molecule has 0 atom stereocenters. The molecule has 0 radical (unpaired) electrons. The number of carbonyl (C=O) groups is 1. The molecule has 2 heteroatoms. The van der Waals surface area contributed by atoms with Crippen molar-refractivity contribution in [1.29, 1.82) is 0 Å². The fourth-order valence-corrected chi connectivity index (χ4v) is 2.09. The van der Waals surface area contributed by atoms with Crippen LogP contribution in [0.4, 0.5) is 0 Å². The van der Waals surface area contributed by atoms with E-state index in [0.29, 0.717) is 11.1 Å². The molecule has 0 aromatic heterocycles. The third kappa shape index (κ3) is 4.27. The highest BCUT2D eigenvalue weighted by molar-refractivity contribution is 6.28. The summed E-state index contributed by atoms with van der Waals surface area (Å²) in [7, 11) is 4.06. The summed E-state index contributed by atoms with van der Waals surface area (Å²) < 4.78 is 0. The van der Waals surface area contributed by atoms with Gasteiger partial charge in [0.1, 0.15) is 0 Å². The molecule has 0 amide bonds. The third-order valence-corrected chi connectivity index (χ3v) is 3.35. The standard InChI is InChI=1S/C20H21NO/c1-16(18-9-5-4-6-10-18)20(22)19-13-11-17(12-14-19)8-7-15-21(2)3/h4-14H,1,15H2,2-3H3. The predicted octanol–water partition coefficient (Wildman–Crippen LogP) is 4.16. The van der Waals surface area contributed by atoms with E-state index in [1.54, 1.807) is 0 Å². The van der Waals surface area contributed by atoms with Gasteiger partial charge in [-0.25, -0.2) is 0 Å². The maximum absolute atomic E-state index is 12.4. The smallest absolute Gasteiger partial charge is 0.193 e. The molecule has 0 N–H and O–H groups in total. The summed E-state index contributed by atoms with van der Waals surface area (Å²) in [5.74, 6) is -0.0324. The summed E-state index contributed by atoms with van der Waals surface area (Å²) in [6.07, 6.45) is 4.15. The van der Waals surface area contributed by atoms with Gasteiger partial charge in [0.25, 0.3) is 0 Å². The Morgan fingerprint density at radius 1 is 1.00 bits per heavy atom. The molecule has 0 aliphatic rings. The van der Waals surface area contributed by atoms with E-state index in [0.717, 1.165) is 17.7 Å². The van der Waals surface area contributed by atoms with Gasteiger partial charge in [-0.1, -0.05) is 73.3 Å². The molecule has 2 aromatic carbocycles. The Morgan fingerprint density at radius 2 is 1.64 bits per heavy atom. The number of Topliss-reactive ketones (excluding diaryl/α,β-unsaturated/α-hetero) is 1. The fraction of sp³-hybridized carbons (Fsp3) is 0.150. The van der Waals surface area contributed by atoms with Crippen molar-refractivity contribution < 1.29 is 4.79 Å². The van der Waals surface area contributed by atoms with Crippen molar-refractivity contribution in [2.24, 2.45) is 0 Å². The van der Waals surface area contributed by atoms with E-state index < -0.39 is 0 Å². The number of allylic oxidation sites excluding steroid dienone is 1. The van der Waals surface area contributed by atoms with Gasteiger partial charge >= 0.3 is 0 Å². The van der Waals surface area contributed by atoms with E-state index >= 15 is 0 Å². The number of benzene rings is 2. The molecule has 0 saturated carbocycles. The van der Waals surface area contributed by atoms with Crippen molar-refractivity contribution in [3.63, 3.8) is 0 Å². The zero-order valence-electron chi connectivity index (χ0n) is 13.1. The van der Waals surface area contributed by atoms with Crippen LogP contribution in [0.15, 0.2) is 67.3 Å². The molecule has 2 aromatic rings. The van der Waals surface area contributed by atoms with Crippen LogP contribution in [0.5, 0.6) is 0 Å². The van der Waals surface area contributed by atoms with Crippen molar-refractivity contribution in [3.05, 3.63) is 83.9 Å². The van der Waals surface area contributed by atoms with Crippen LogP contribution in [0.3, 0.4) is 0 Å². The van der Waals surface area contributed by atoms with Crippen LogP contribution < -0.4 is 0 Å². The molecule has 0 saturated heterocycles. The Bertz CT molecular complexity index is 667. The normalized spacial score (nSPS) is 11.0. The molecule has 0 fully saturated rings. The summed E-state index contributed by atoms with van der Waals surface area (Å²) in [5, 5.41) is 0. The van der Waals surface area contributed by atoms with Crippen molar-refractivity contribution in [3.8, 4) is 0 Å². The van der Waals surface area contributed by atoms with Gasteiger partial charge in [0, 0.05) is 17.7 Å². The molecular weight excluding hydrogens is 270 g/mol. The van der Waals surface area contributed by atoms with Crippen molar-refractivity contribution in [1.82, 2.24) is 4.90 Å². The summed E-state index contributed by atoms with van der Waals surface area (Å²) in [6.45, 7) is 4.82. The second kappa shape index (κ2) is 7.53. The number of carbonyl (C=O) groups excluding carboxylic acids is 1. The minimum absolute atomic E-state index is 0.0324. The first-order valence-corrected chi connectivity index (χ1v) is 7.28. The molecule has 0 bridgehead atoms. The average Bonchev–Trinajstić information content (AvgIpc) is 2.54. The van der Waals surface area contributed by atoms with E-state index in [-0.39, 0.29) is 5.78 Å². The van der Waals surface area contributed by atoms with Crippen LogP contribution in [0.25, 0.3) is 11.6 Å². The average molecular weight is 291 g/mol. The van der Waals surface area contributed by atoms with E-state index in [9.17, 15) is 4.79 Å². The van der Waals surface area contributed by atoms with E-state index in [4.69, 9.17) is 0 Å². The maximum atomic E-state index is 12.4.